The van der Waals surface area contributed by atoms with Crippen LogP contribution in [0, 0.1) is 0 Å². The van der Waals surface area contributed by atoms with Gasteiger partial charge in [0.15, 0.2) is 0 Å². The number of carbonyl (C=O) groups is 2. The van der Waals surface area contributed by atoms with Gasteiger partial charge in [-0.2, -0.15) is 0 Å². The molecule has 0 bridgehead atoms. The average molecular weight is 761 g/mol. The summed E-state index contributed by atoms with van der Waals surface area (Å²) in [5.41, 5.74) is 0. The van der Waals surface area contributed by atoms with Crippen LogP contribution in [0.2, 0.25) is 0 Å². The van der Waals surface area contributed by atoms with Gasteiger partial charge in [-0.3, -0.25) is 0 Å². The van der Waals surface area contributed by atoms with Gasteiger partial charge in [0.25, 0.3) is 0 Å². The van der Waals surface area contributed by atoms with Crippen molar-refractivity contribution in [2.24, 2.45) is 0 Å². The summed E-state index contributed by atoms with van der Waals surface area (Å²) in [4.78, 5) is 20.0. The average Bonchev–Trinajstić information content (AvgIpc) is 2.62. The van der Waals surface area contributed by atoms with Crippen molar-refractivity contribution in [3.63, 3.8) is 0 Å². The van der Waals surface area contributed by atoms with Crippen molar-refractivity contribution in [2.75, 3.05) is 13.2 Å². The Bertz CT molecular complexity index is 414. The van der Waals surface area contributed by atoms with Crippen LogP contribution in [-0.4, -0.2) is 255 Å². The molecule has 0 fully saturated rings. The van der Waals surface area contributed by atoms with Crippen molar-refractivity contribution in [1.29, 1.82) is 0 Å². The summed E-state index contributed by atoms with van der Waals surface area (Å²) in [6.07, 6.45) is -16.2. The van der Waals surface area contributed by atoms with E-state index >= 15 is 0 Å². The van der Waals surface area contributed by atoms with E-state index in [0.717, 1.165) is 0 Å². The van der Waals surface area contributed by atoms with E-state index in [4.69, 9.17) is 51.1 Å². The largest absolute Gasteiger partial charge is 2.00 e. The summed E-state index contributed by atoms with van der Waals surface area (Å²) in [6.45, 7) is -1.73. The number of aliphatic hydroxyl groups excluding tert-OH is 10. The molecule has 0 aromatic rings. The SMILES string of the molecule is O.O.O.O.O.O.O=C([O-])[C@H](O)[C@@H](O)[C@H](O)[C@H](O)CO.O=C([O-])[C@H](O)[C@@H](O)[C@H](O)[C@H](O)CO.[Cl-].[Cl-].[Cu+2].[KH].[Sr+2]. The Kier molecular flexibility index (Phi) is 103. The van der Waals surface area contributed by atoms with Gasteiger partial charge in [0.1, 0.15) is 48.8 Å². The van der Waals surface area contributed by atoms with E-state index < -0.39 is 74.0 Å². The van der Waals surface area contributed by atoms with Crippen LogP contribution < -0.4 is 35.0 Å². The van der Waals surface area contributed by atoms with Crippen molar-refractivity contribution in [3.8, 4) is 0 Å². The number of carboxylic acids is 2. The smallest absolute Gasteiger partial charge is 2.00 e. The maximum absolute atomic E-state index is 9.98. The monoisotopic (exact) mass is 759 g/mol. The summed E-state index contributed by atoms with van der Waals surface area (Å²) in [6, 6.07) is 0. The van der Waals surface area contributed by atoms with Crippen LogP contribution in [-0.2, 0) is 26.7 Å². The van der Waals surface area contributed by atoms with Crippen LogP contribution >= 0.6 is 0 Å². The second-order valence-corrected chi connectivity index (χ2v) is 4.99. The Hall–Kier alpha value is 2.52. The Morgan fingerprint density at radius 3 is 0.811 bits per heavy atom. The van der Waals surface area contributed by atoms with Crippen molar-refractivity contribution >= 4 is 109 Å². The maximum Gasteiger partial charge on any atom is 2.00 e. The predicted molar refractivity (Wildman–Crippen MR) is 107 cm³/mol. The summed E-state index contributed by atoms with van der Waals surface area (Å²) in [5.74, 6) is -3.95. The van der Waals surface area contributed by atoms with E-state index in [2.05, 4.69) is 0 Å². The molecule has 20 nitrogen and oxygen atoms in total. The molecular weight excluding hydrogens is 725 g/mol. The molecule has 0 aliphatic carbocycles. The van der Waals surface area contributed by atoms with Crippen LogP contribution in [0.25, 0.3) is 0 Å². The van der Waals surface area contributed by atoms with Gasteiger partial charge < -0.3 is 129 Å². The zero-order valence-corrected chi connectivity index (χ0v) is 23.8. The van der Waals surface area contributed by atoms with Crippen molar-refractivity contribution < 1.29 is 146 Å². The molecule has 0 rings (SSSR count). The van der Waals surface area contributed by atoms with Crippen LogP contribution in [0.15, 0.2) is 0 Å². The third-order valence-electron chi connectivity index (χ3n) is 2.99. The van der Waals surface area contributed by atoms with E-state index in [1.54, 1.807) is 0 Å². The van der Waals surface area contributed by atoms with Gasteiger partial charge in [0.05, 0.1) is 25.2 Å². The van der Waals surface area contributed by atoms with Crippen LogP contribution in [0.5, 0.6) is 0 Å². The standard InChI is InChI=1S/2C6H12O7.2ClH.Cu.K.6H2O.Sr.H/c2*7-1-2(8)3(9)4(10)5(11)6(12)13;;;;;;;;;;;;/h2*2-5,7-11H,1H2,(H,12,13);2*1H;;;6*1H2;;/q;;;;+2;;;;;;;;+2;/p-4/t2*2-,3-,4+,5-;;;;;;;;;;;;/m11............/s1. The van der Waals surface area contributed by atoms with E-state index in [1.165, 1.54) is 0 Å². The molecule has 8 atom stereocenters. The van der Waals surface area contributed by atoms with Crippen LogP contribution in [0.1, 0.15) is 0 Å². The van der Waals surface area contributed by atoms with Gasteiger partial charge in [0.2, 0.25) is 0 Å². The summed E-state index contributed by atoms with van der Waals surface area (Å²) < 4.78 is 0. The number of aliphatic hydroxyl groups is 10. The second kappa shape index (κ2) is 45.5. The molecule has 0 aliphatic rings. The van der Waals surface area contributed by atoms with E-state index in [9.17, 15) is 19.8 Å². The Labute approximate surface area is 312 Å². The predicted octanol–water partition coefficient (Wildman–Crippen LogP) is -21.6. The Balaban J connectivity index is -0.0000000218. The number of hydrogen-bond acceptors (Lipinski definition) is 14. The molecule has 0 spiro atoms. The first-order valence-corrected chi connectivity index (χ1v) is 6.91. The Morgan fingerprint density at radius 1 is 0.541 bits per heavy atom. The first kappa shape index (κ1) is 83.4. The molecule has 0 amide bonds. The third kappa shape index (κ3) is 34.6. The molecule has 0 heterocycles. The van der Waals surface area contributed by atoms with Gasteiger partial charge in [0, 0.05) is 0 Å². The molecule has 0 unspecified atom stereocenters. The van der Waals surface area contributed by atoms with Crippen molar-refractivity contribution in [3.05, 3.63) is 0 Å². The fourth-order valence-electron chi connectivity index (χ4n) is 1.32. The topological polar surface area (TPSA) is 472 Å². The molecular formula is C12H35Cl2CuKO20Sr. The first-order chi connectivity index (χ1) is 11.8. The minimum absolute atomic E-state index is 0. The van der Waals surface area contributed by atoms with Gasteiger partial charge >= 0.3 is 114 Å². The van der Waals surface area contributed by atoms with Crippen molar-refractivity contribution in [1.82, 2.24) is 0 Å². The number of rotatable bonds is 10. The quantitative estimate of drug-likeness (QED) is 0.0925. The maximum atomic E-state index is 9.98. The second-order valence-electron chi connectivity index (χ2n) is 4.99. The molecule has 0 saturated carbocycles. The fourth-order valence-corrected chi connectivity index (χ4v) is 1.32. The zero-order valence-electron chi connectivity index (χ0n) is 17.9. The van der Waals surface area contributed by atoms with E-state index in [-0.39, 0.29) is 172 Å². The fraction of sp³-hybridized carbons (Fsp3) is 0.833. The molecule has 0 aromatic carbocycles. The molecule has 25 heteroatoms. The van der Waals surface area contributed by atoms with Gasteiger partial charge in [-0.15, -0.1) is 0 Å². The zero-order chi connectivity index (χ0) is 21.2. The molecule has 0 saturated heterocycles. The normalized spacial score (nSPS) is 14.3. The van der Waals surface area contributed by atoms with Crippen molar-refractivity contribution in [2.45, 2.75) is 48.8 Å². The number of carbonyl (C=O) groups excluding carboxylic acids is 2. The van der Waals surface area contributed by atoms with E-state index in [1.807, 2.05) is 0 Å². The number of hydrogen-bond donors (Lipinski definition) is 10. The van der Waals surface area contributed by atoms with E-state index in [0.29, 0.717) is 0 Å². The summed E-state index contributed by atoms with van der Waals surface area (Å²) in [7, 11) is 0. The molecule has 0 aromatic heterocycles. The summed E-state index contributed by atoms with van der Waals surface area (Å²) in [5, 5.41) is 107. The minimum Gasteiger partial charge on any atom is 2.00 e. The molecule has 22 N–H and O–H groups in total. The minimum atomic E-state index is -2.31. The molecule has 0 aliphatic heterocycles. The van der Waals surface area contributed by atoms with Gasteiger partial charge in [-0.1, -0.05) is 0 Å². The number of halogens is 2. The molecule has 1 radical (unpaired) electrons. The number of aliphatic carboxylic acids is 2. The van der Waals surface area contributed by atoms with Crippen LogP contribution in [0.3, 0.4) is 0 Å². The number of carboxylic acid groups (broad SMARTS) is 2. The summed E-state index contributed by atoms with van der Waals surface area (Å²) >= 11 is 0. The van der Waals surface area contributed by atoms with Gasteiger partial charge in [-0.25, -0.2) is 0 Å². The third-order valence-corrected chi connectivity index (χ3v) is 2.99. The molecule has 37 heavy (non-hydrogen) atoms. The first-order valence-electron chi connectivity index (χ1n) is 6.91. The van der Waals surface area contributed by atoms with Crippen LogP contribution in [0.4, 0.5) is 0 Å². The van der Waals surface area contributed by atoms with Gasteiger partial charge in [-0.05, 0) is 0 Å². The molecule has 231 valence electrons. The Morgan fingerprint density at radius 2 is 0.703 bits per heavy atom.